The summed E-state index contributed by atoms with van der Waals surface area (Å²) in [6.07, 6.45) is 2.79. The number of rotatable bonds is 7. The first-order chi connectivity index (χ1) is 8.69. The highest BCUT2D eigenvalue weighted by molar-refractivity contribution is 5.22. The third-order valence-electron chi connectivity index (χ3n) is 3.59. The molecule has 0 spiro atoms. The number of benzene rings is 1. The highest BCUT2D eigenvalue weighted by Gasteiger charge is 2.27. The van der Waals surface area contributed by atoms with Crippen LogP contribution in [0.3, 0.4) is 0 Å². The molecule has 2 heteroatoms. The predicted octanol–water partition coefficient (Wildman–Crippen LogP) is 3.17. The predicted molar refractivity (Wildman–Crippen MR) is 77.5 cm³/mol. The first-order valence-electron chi connectivity index (χ1n) is 7.24. The van der Waals surface area contributed by atoms with Crippen molar-refractivity contribution >= 4 is 0 Å². The van der Waals surface area contributed by atoms with Gasteiger partial charge in [-0.25, -0.2) is 0 Å². The Morgan fingerprint density at radius 3 is 2.28 bits per heavy atom. The summed E-state index contributed by atoms with van der Waals surface area (Å²) in [6, 6.07) is 10.5. The standard InChI is InChI=1S/C16H26N2/c1-4-18(16-9-10-16)12-15-7-5-14(6-8-15)11-17-13(2)3/h5-8,13,16-17H,4,9-12H2,1-3H3. The normalized spacial score (nSPS) is 15.6. The van der Waals surface area contributed by atoms with Gasteiger partial charge in [0.15, 0.2) is 0 Å². The van der Waals surface area contributed by atoms with Gasteiger partial charge in [-0.15, -0.1) is 0 Å². The van der Waals surface area contributed by atoms with Crippen LogP contribution in [0.4, 0.5) is 0 Å². The van der Waals surface area contributed by atoms with E-state index >= 15 is 0 Å². The summed E-state index contributed by atoms with van der Waals surface area (Å²) in [5.74, 6) is 0. The fourth-order valence-corrected chi connectivity index (χ4v) is 2.26. The molecule has 0 amide bonds. The van der Waals surface area contributed by atoms with Gasteiger partial charge in [-0.2, -0.15) is 0 Å². The van der Waals surface area contributed by atoms with Crippen LogP contribution in [0.5, 0.6) is 0 Å². The van der Waals surface area contributed by atoms with Crippen molar-refractivity contribution in [3.8, 4) is 0 Å². The lowest BCUT2D eigenvalue weighted by Crippen LogP contribution is -2.25. The van der Waals surface area contributed by atoms with Gasteiger partial charge < -0.3 is 5.32 Å². The van der Waals surface area contributed by atoms with E-state index in [1.54, 1.807) is 0 Å². The van der Waals surface area contributed by atoms with Gasteiger partial charge in [-0.05, 0) is 30.5 Å². The van der Waals surface area contributed by atoms with Gasteiger partial charge in [0.2, 0.25) is 0 Å². The molecule has 0 saturated heterocycles. The molecule has 0 aliphatic heterocycles. The van der Waals surface area contributed by atoms with Crippen molar-refractivity contribution in [2.45, 2.75) is 58.8 Å². The largest absolute Gasteiger partial charge is 0.310 e. The molecule has 1 aliphatic carbocycles. The van der Waals surface area contributed by atoms with Crippen molar-refractivity contribution in [2.24, 2.45) is 0 Å². The minimum atomic E-state index is 0.551. The first-order valence-corrected chi connectivity index (χ1v) is 7.24. The van der Waals surface area contributed by atoms with Gasteiger partial charge >= 0.3 is 0 Å². The average Bonchev–Trinajstić information content (AvgIpc) is 3.19. The molecule has 1 N–H and O–H groups in total. The quantitative estimate of drug-likeness (QED) is 0.795. The van der Waals surface area contributed by atoms with Crippen LogP contribution in [0.25, 0.3) is 0 Å². The number of hydrogen-bond donors (Lipinski definition) is 1. The lowest BCUT2D eigenvalue weighted by atomic mass is 10.1. The molecule has 0 heterocycles. The molecule has 0 bridgehead atoms. The summed E-state index contributed by atoms with van der Waals surface area (Å²) >= 11 is 0. The van der Waals surface area contributed by atoms with Crippen molar-refractivity contribution in [3.05, 3.63) is 35.4 Å². The molecule has 1 aliphatic rings. The van der Waals surface area contributed by atoms with E-state index in [1.165, 1.54) is 30.5 Å². The van der Waals surface area contributed by atoms with Crippen LogP contribution in [0.2, 0.25) is 0 Å². The minimum absolute atomic E-state index is 0.551. The Balaban J connectivity index is 1.86. The molecule has 1 aromatic rings. The molecule has 0 unspecified atom stereocenters. The smallest absolute Gasteiger partial charge is 0.0236 e. The molecule has 2 rings (SSSR count). The van der Waals surface area contributed by atoms with Crippen LogP contribution in [0.1, 0.15) is 44.7 Å². The van der Waals surface area contributed by atoms with Crippen LogP contribution in [0.15, 0.2) is 24.3 Å². The second-order valence-electron chi connectivity index (χ2n) is 5.65. The van der Waals surface area contributed by atoms with E-state index in [0.717, 1.165) is 19.1 Å². The SMILES string of the molecule is CCN(Cc1ccc(CNC(C)C)cc1)C1CC1. The Hall–Kier alpha value is -0.860. The summed E-state index contributed by atoms with van der Waals surface area (Å²) in [5.41, 5.74) is 2.82. The average molecular weight is 246 g/mol. The summed E-state index contributed by atoms with van der Waals surface area (Å²) in [7, 11) is 0. The Morgan fingerprint density at radius 2 is 1.78 bits per heavy atom. The van der Waals surface area contributed by atoms with Crippen molar-refractivity contribution in [2.75, 3.05) is 6.54 Å². The van der Waals surface area contributed by atoms with Gasteiger partial charge in [0.05, 0.1) is 0 Å². The zero-order valence-corrected chi connectivity index (χ0v) is 11.9. The van der Waals surface area contributed by atoms with Crippen LogP contribution in [-0.4, -0.2) is 23.5 Å². The van der Waals surface area contributed by atoms with E-state index in [1.807, 2.05) is 0 Å². The number of hydrogen-bond acceptors (Lipinski definition) is 2. The number of nitrogens with zero attached hydrogens (tertiary/aromatic N) is 1. The maximum Gasteiger partial charge on any atom is 0.0236 e. The molecular weight excluding hydrogens is 220 g/mol. The lowest BCUT2D eigenvalue weighted by molar-refractivity contribution is 0.269. The maximum absolute atomic E-state index is 3.45. The van der Waals surface area contributed by atoms with Gasteiger partial charge in [-0.3, -0.25) is 4.90 Å². The van der Waals surface area contributed by atoms with Crippen molar-refractivity contribution in [1.29, 1.82) is 0 Å². The lowest BCUT2D eigenvalue weighted by Gasteiger charge is -2.20. The van der Waals surface area contributed by atoms with E-state index in [9.17, 15) is 0 Å². The fourth-order valence-electron chi connectivity index (χ4n) is 2.26. The van der Waals surface area contributed by atoms with E-state index in [-0.39, 0.29) is 0 Å². The summed E-state index contributed by atoms with van der Waals surface area (Å²) in [5, 5.41) is 3.45. The summed E-state index contributed by atoms with van der Waals surface area (Å²) in [6.45, 7) is 9.88. The topological polar surface area (TPSA) is 15.3 Å². The van der Waals surface area contributed by atoms with Crippen LogP contribution >= 0.6 is 0 Å². The van der Waals surface area contributed by atoms with Crippen molar-refractivity contribution in [3.63, 3.8) is 0 Å². The van der Waals surface area contributed by atoms with E-state index in [4.69, 9.17) is 0 Å². The highest BCUT2D eigenvalue weighted by Crippen LogP contribution is 2.27. The molecule has 0 radical (unpaired) electrons. The van der Waals surface area contributed by atoms with Crippen molar-refractivity contribution < 1.29 is 0 Å². The third kappa shape index (κ3) is 4.11. The third-order valence-corrected chi connectivity index (χ3v) is 3.59. The molecule has 100 valence electrons. The van der Waals surface area contributed by atoms with Gasteiger partial charge in [0, 0.05) is 25.2 Å². The first kappa shape index (κ1) is 13.6. The second-order valence-corrected chi connectivity index (χ2v) is 5.65. The Bertz CT molecular complexity index is 352. The van der Waals surface area contributed by atoms with E-state index in [2.05, 4.69) is 55.3 Å². The van der Waals surface area contributed by atoms with Crippen LogP contribution < -0.4 is 5.32 Å². The fraction of sp³-hybridized carbons (Fsp3) is 0.625. The summed E-state index contributed by atoms with van der Waals surface area (Å²) < 4.78 is 0. The molecule has 2 nitrogen and oxygen atoms in total. The zero-order valence-electron chi connectivity index (χ0n) is 11.9. The maximum atomic E-state index is 3.45. The van der Waals surface area contributed by atoms with E-state index < -0.39 is 0 Å². The Morgan fingerprint density at radius 1 is 1.17 bits per heavy atom. The zero-order chi connectivity index (χ0) is 13.0. The molecule has 1 saturated carbocycles. The molecular formula is C16H26N2. The van der Waals surface area contributed by atoms with Gasteiger partial charge in [-0.1, -0.05) is 45.0 Å². The highest BCUT2D eigenvalue weighted by atomic mass is 15.2. The van der Waals surface area contributed by atoms with Gasteiger partial charge in [0.1, 0.15) is 0 Å². The Kier molecular flexibility index (Phi) is 4.79. The molecule has 1 fully saturated rings. The van der Waals surface area contributed by atoms with Crippen LogP contribution in [0, 0.1) is 0 Å². The second kappa shape index (κ2) is 6.35. The van der Waals surface area contributed by atoms with E-state index in [0.29, 0.717) is 6.04 Å². The number of nitrogens with one attached hydrogen (secondary N) is 1. The van der Waals surface area contributed by atoms with Crippen molar-refractivity contribution in [1.82, 2.24) is 10.2 Å². The van der Waals surface area contributed by atoms with Crippen LogP contribution in [-0.2, 0) is 13.1 Å². The van der Waals surface area contributed by atoms with Gasteiger partial charge in [0.25, 0.3) is 0 Å². The molecule has 18 heavy (non-hydrogen) atoms. The molecule has 0 aromatic heterocycles. The minimum Gasteiger partial charge on any atom is -0.310 e. The molecule has 0 atom stereocenters. The molecule has 1 aromatic carbocycles. The monoisotopic (exact) mass is 246 g/mol. The summed E-state index contributed by atoms with van der Waals surface area (Å²) in [4.78, 5) is 2.58. The Labute approximate surface area is 111 Å².